The Balaban J connectivity index is 2.08. The Morgan fingerprint density at radius 1 is 1.18 bits per heavy atom. The molecule has 22 heavy (non-hydrogen) atoms. The molecule has 4 nitrogen and oxygen atoms in total. The molecule has 0 aliphatic carbocycles. The lowest BCUT2D eigenvalue weighted by molar-refractivity contribution is 0.184. The number of nitrogens with zero attached hydrogens (tertiary/aromatic N) is 2. The van der Waals surface area contributed by atoms with Crippen LogP contribution in [0.4, 0.5) is 5.82 Å². The Hall–Kier alpha value is -1.56. The lowest BCUT2D eigenvalue weighted by Crippen LogP contribution is -2.26. The Morgan fingerprint density at radius 2 is 1.95 bits per heavy atom. The highest BCUT2D eigenvalue weighted by atomic mass is 32.2. The second kappa shape index (κ2) is 8.78. The molecule has 0 atom stereocenters. The van der Waals surface area contributed by atoms with Crippen LogP contribution in [0.5, 0.6) is 0 Å². The van der Waals surface area contributed by atoms with Gasteiger partial charge in [0.1, 0.15) is 5.82 Å². The number of hydrogen-bond donors (Lipinski definition) is 2. The number of hydrogen-bond acceptors (Lipinski definition) is 5. The number of thioether (sulfide) groups is 1. The third kappa shape index (κ3) is 4.73. The summed E-state index contributed by atoms with van der Waals surface area (Å²) in [5.41, 5.74) is 2.39. The molecular weight excluding hydrogens is 294 g/mol. The molecule has 0 aliphatic rings. The van der Waals surface area contributed by atoms with Gasteiger partial charge in [-0.15, -0.1) is 11.8 Å². The molecule has 0 radical (unpaired) electrons. The number of aliphatic hydroxyl groups excluding tert-OH is 1. The summed E-state index contributed by atoms with van der Waals surface area (Å²) in [5, 5.41) is 12.4. The van der Waals surface area contributed by atoms with Gasteiger partial charge in [0.05, 0.1) is 6.61 Å². The zero-order chi connectivity index (χ0) is 15.8. The summed E-state index contributed by atoms with van der Waals surface area (Å²) in [6.07, 6.45) is 3.86. The molecule has 0 aliphatic heterocycles. The van der Waals surface area contributed by atoms with Crippen molar-refractivity contribution in [2.75, 3.05) is 31.8 Å². The van der Waals surface area contributed by atoms with Crippen molar-refractivity contribution in [3.05, 3.63) is 53.7 Å². The van der Waals surface area contributed by atoms with Gasteiger partial charge in [0.25, 0.3) is 0 Å². The fourth-order valence-corrected chi connectivity index (χ4v) is 2.79. The van der Waals surface area contributed by atoms with Crippen LogP contribution in [0.25, 0.3) is 0 Å². The molecule has 5 heteroatoms. The monoisotopic (exact) mass is 317 g/mol. The SMILES string of the molecule is CNc1ncccc1CN(CCO)Cc1ccc(SC)cc1. The summed E-state index contributed by atoms with van der Waals surface area (Å²) in [6, 6.07) is 12.6. The highest BCUT2D eigenvalue weighted by Gasteiger charge is 2.10. The molecule has 0 saturated heterocycles. The minimum Gasteiger partial charge on any atom is -0.395 e. The Bertz CT molecular complexity index is 574. The van der Waals surface area contributed by atoms with E-state index in [-0.39, 0.29) is 6.61 Å². The third-order valence-corrected chi connectivity index (χ3v) is 4.25. The highest BCUT2D eigenvalue weighted by Crippen LogP contribution is 2.18. The molecule has 2 aromatic rings. The predicted molar refractivity (Wildman–Crippen MR) is 93.2 cm³/mol. The quantitative estimate of drug-likeness (QED) is 0.733. The molecule has 0 fully saturated rings. The fourth-order valence-electron chi connectivity index (χ4n) is 2.38. The van der Waals surface area contributed by atoms with Crippen molar-refractivity contribution in [2.24, 2.45) is 0 Å². The van der Waals surface area contributed by atoms with Gasteiger partial charge >= 0.3 is 0 Å². The molecule has 0 saturated carbocycles. The van der Waals surface area contributed by atoms with E-state index in [0.717, 1.165) is 24.5 Å². The maximum absolute atomic E-state index is 9.33. The average molecular weight is 317 g/mol. The number of benzene rings is 1. The van der Waals surface area contributed by atoms with Crippen LogP contribution < -0.4 is 5.32 Å². The predicted octanol–water partition coefficient (Wildman–Crippen LogP) is 2.84. The first-order valence-corrected chi connectivity index (χ1v) is 8.57. The molecule has 1 aromatic carbocycles. The van der Waals surface area contributed by atoms with Gasteiger partial charge < -0.3 is 10.4 Å². The van der Waals surface area contributed by atoms with Gasteiger partial charge in [0.15, 0.2) is 0 Å². The molecule has 2 rings (SSSR count). The molecule has 0 bridgehead atoms. The van der Waals surface area contributed by atoms with Gasteiger partial charge in [0.2, 0.25) is 0 Å². The van der Waals surface area contributed by atoms with Gasteiger partial charge in [-0.05, 0) is 30.0 Å². The summed E-state index contributed by atoms with van der Waals surface area (Å²) in [7, 11) is 1.88. The van der Waals surface area contributed by atoms with E-state index in [2.05, 4.69) is 51.8 Å². The zero-order valence-electron chi connectivity index (χ0n) is 13.1. The Kier molecular flexibility index (Phi) is 6.71. The largest absolute Gasteiger partial charge is 0.395 e. The van der Waals surface area contributed by atoms with Gasteiger partial charge in [-0.25, -0.2) is 4.98 Å². The first-order chi connectivity index (χ1) is 10.8. The Labute approximate surface area is 136 Å². The number of anilines is 1. The summed E-state index contributed by atoms with van der Waals surface area (Å²) in [5.74, 6) is 0.892. The van der Waals surface area contributed by atoms with E-state index in [1.54, 1.807) is 18.0 Å². The van der Waals surface area contributed by atoms with Crippen LogP contribution in [0.3, 0.4) is 0 Å². The number of aliphatic hydroxyl groups is 1. The minimum atomic E-state index is 0.151. The zero-order valence-corrected chi connectivity index (χ0v) is 13.9. The number of nitrogens with one attached hydrogen (secondary N) is 1. The van der Waals surface area contributed by atoms with Crippen molar-refractivity contribution in [2.45, 2.75) is 18.0 Å². The van der Waals surface area contributed by atoms with Gasteiger partial charge in [-0.1, -0.05) is 18.2 Å². The van der Waals surface area contributed by atoms with Crippen LogP contribution >= 0.6 is 11.8 Å². The van der Waals surface area contributed by atoms with E-state index < -0.39 is 0 Å². The first-order valence-electron chi connectivity index (χ1n) is 7.34. The van der Waals surface area contributed by atoms with Gasteiger partial charge in [-0.3, -0.25) is 4.90 Å². The topological polar surface area (TPSA) is 48.4 Å². The van der Waals surface area contributed by atoms with E-state index in [9.17, 15) is 5.11 Å². The van der Waals surface area contributed by atoms with Crippen molar-refractivity contribution in [3.8, 4) is 0 Å². The molecule has 0 amide bonds. The van der Waals surface area contributed by atoms with E-state index in [1.165, 1.54) is 10.5 Å². The standard InChI is InChI=1S/C17H23N3OS/c1-18-17-15(4-3-9-19-17)13-20(10-11-21)12-14-5-7-16(22-2)8-6-14/h3-9,21H,10-13H2,1-2H3,(H,18,19). The average Bonchev–Trinajstić information content (AvgIpc) is 2.56. The van der Waals surface area contributed by atoms with E-state index in [0.29, 0.717) is 6.54 Å². The second-order valence-corrected chi connectivity index (χ2v) is 5.92. The number of aromatic nitrogens is 1. The van der Waals surface area contributed by atoms with Crippen LogP contribution in [0.1, 0.15) is 11.1 Å². The molecular formula is C17H23N3OS. The number of rotatable bonds is 8. The highest BCUT2D eigenvalue weighted by molar-refractivity contribution is 7.98. The molecule has 2 N–H and O–H groups in total. The van der Waals surface area contributed by atoms with Crippen molar-refractivity contribution < 1.29 is 5.11 Å². The Morgan fingerprint density at radius 3 is 2.59 bits per heavy atom. The summed E-state index contributed by atoms with van der Waals surface area (Å²) in [4.78, 5) is 7.83. The van der Waals surface area contributed by atoms with Crippen LogP contribution in [-0.4, -0.2) is 41.4 Å². The minimum absolute atomic E-state index is 0.151. The van der Waals surface area contributed by atoms with Crippen LogP contribution in [0.15, 0.2) is 47.5 Å². The maximum Gasteiger partial charge on any atom is 0.130 e. The molecule has 118 valence electrons. The number of pyridine rings is 1. The summed E-state index contributed by atoms with van der Waals surface area (Å²) < 4.78 is 0. The van der Waals surface area contributed by atoms with E-state index in [4.69, 9.17) is 0 Å². The van der Waals surface area contributed by atoms with Crippen molar-refractivity contribution in [3.63, 3.8) is 0 Å². The molecule has 1 aromatic heterocycles. The van der Waals surface area contributed by atoms with Crippen LogP contribution in [-0.2, 0) is 13.1 Å². The van der Waals surface area contributed by atoms with Crippen molar-refractivity contribution >= 4 is 17.6 Å². The van der Waals surface area contributed by atoms with Crippen molar-refractivity contribution in [1.29, 1.82) is 0 Å². The van der Waals surface area contributed by atoms with Gasteiger partial charge in [-0.2, -0.15) is 0 Å². The molecule has 1 heterocycles. The van der Waals surface area contributed by atoms with E-state index in [1.807, 2.05) is 13.1 Å². The smallest absolute Gasteiger partial charge is 0.130 e. The second-order valence-electron chi connectivity index (χ2n) is 5.04. The first kappa shape index (κ1) is 16.8. The molecule has 0 spiro atoms. The van der Waals surface area contributed by atoms with Gasteiger partial charge in [0, 0.05) is 43.3 Å². The van der Waals surface area contributed by atoms with Crippen LogP contribution in [0, 0.1) is 0 Å². The summed E-state index contributed by atoms with van der Waals surface area (Å²) >= 11 is 1.74. The van der Waals surface area contributed by atoms with E-state index >= 15 is 0 Å². The maximum atomic E-state index is 9.33. The third-order valence-electron chi connectivity index (χ3n) is 3.50. The fraction of sp³-hybridized carbons (Fsp3) is 0.353. The van der Waals surface area contributed by atoms with Crippen molar-refractivity contribution in [1.82, 2.24) is 9.88 Å². The molecule has 0 unspecified atom stereocenters. The van der Waals surface area contributed by atoms with Crippen LogP contribution in [0.2, 0.25) is 0 Å². The lowest BCUT2D eigenvalue weighted by Gasteiger charge is -2.22. The summed E-state index contributed by atoms with van der Waals surface area (Å²) in [6.45, 7) is 2.36. The normalized spacial score (nSPS) is 10.9. The lowest BCUT2D eigenvalue weighted by atomic mass is 10.2.